The smallest absolute Gasteiger partial charge is 0.242 e. The molecule has 0 bridgehead atoms. The predicted octanol–water partition coefficient (Wildman–Crippen LogP) is 2.96. The fourth-order valence-corrected chi connectivity index (χ4v) is 4.02. The highest BCUT2D eigenvalue weighted by Gasteiger charge is 2.26. The van der Waals surface area contributed by atoms with E-state index in [2.05, 4.69) is 57.8 Å². The minimum atomic E-state index is 0. The van der Waals surface area contributed by atoms with E-state index in [-0.39, 0.29) is 36.4 Å². The molecule has 0 aromatic heterocycles. The fourth-order valence-electron chi connectivity index (χ4n) is 2.97. The summed E-state index contributed by atoms with van der Waals surface area (Å²) in [6.45, 7) is 5.13. The van der Waals surface area contributed by atoms with Crippen LogP contribution in [-0.2, 0) is 4.79 Å². The third kappa shape index (κ3) is 6.98. The number of hydrogen-bond acceptors (Lipinski definition) is 3. The largest absolute Gasteiger partial charge is 0.357 e. The van der Waals surface area contributed by atoms with Crippen LogP contribution in [0.5, 0.6) is 0 Å². The summed E-state index contributed by atoms with van der Waals surface area (Å²) in [5.74, 6) is 2.70. The second-order valence-electron chi connectivity index (χ2n) is 6.74. The van der Waals surface area contributed by atoms with Crippen LogP contribution in [0.25, 0.3) is 0 Å². The maximum absolute atomic E-state index is 11.9. The third-order valence-electron chi connectivity index (χ3n) is 4.46. The maximum Gasteiger partial charge on any atom is 0.242 e. The summed E-state index contributed by atoms with van der Waals surface area (Å²) >= 11 is 1.93. The first-order chi connectivity index (χ1) is 12.2. The fraction of sp³-hybridized carbons (Fsp3) is 0.579. The van der Waals surface area contributed by atoms with Crippen LogP contribution in [0.15, 0.2) is 40.2 Å². The molecule has 7 heteroatoms. The van der Waals surface area contributed by atoms with Gasteiger partial charge < -0.3 is 15.5 Å². The Balaban J connectivity index is 0.00000243. The number of carbonyl (C=O) groups excluding carboxylic acids is 1. The number of guanidine groups is 1. The summed E-state index contributed by atoms with van der Waals surface area (Å²) in [5.41, 5.74) is 0. The van der Waals surface area contributed by atoms with Gasteiger partial charge in [0, 0.05) is 36.3 Å². The standard InChI is InChI=1S/C19H28N4OS.HI/c1-2-20-19(21-12-18(24)22-16-8-9-16)23-11-10-15(13-23)14-25-17-6-4-3-5-7-17;/h3-7,15-16H,2,8-14H2,1H3,(H,20,21)(H,22,24);1H. The van der Waals surface area contributed by atoms with Crippen molar-refractivity contribution in [3.8, 4) is 0 Å². The van der Waals surface area contributed by atoms with E-state index < -0.39 is 0 Å². The zero-order valence-corrected chi connectivity index (χ0v) is 18.5. The van der Waals surface area contributed by atoms with Crippen LogP contribution >= 0.6 is 35.7 Å². The highest BCUT2D eigenvalue weighted by molar-refractivity contribution is 14.0. The Kier molecular flexibility index (Phi) is 9.04. The number of nitrogens with one attached hydrogen (secondary N) is 2. The van der Waals surface area contributed by atoms with E-state index in [4.69, 9.17) is 0 Å². The first-order valence-corrected chi connectivity index (χ1v) is 10.2. The van der Waals surface area contributed by atoms with Crippen LogP contribution in [-0.4, -0.2) is 54.7 Å². The van der Waals surface area contributed by atoms with Gasteiger partial charge in [0.1, 0.15) is 6.54 Å². The SMILES string of the molecule is CCNC(=NCC(=O)NC1CC1)N1CCC(CSc2ccccc2)C1.I. The van der Waals surface area contributed by atoms with Gasteiger partial charge in [0.25, 0.3) is 0 Å². The molecule has 2 aliphatic rings. The number of aliphatic imine (C=N–C) groups is 1. The van der Waals surface area contributed by atoms with Crippen LogP contribution in [0.3, 0.4) is 0 Å². The van der Waals surface area contributed by atoms with Crippen molar-refractivity contribution < 1.29 is 4.79 Å². The lowest BCUT2D eigenvalue weighted by atomic mass is 10.2. The maximum atomic E-state index is 11.9. The Bertz CT molecular complexity index is 594. The summed E-state index contributed by atoms with van der Waals surface area (Å²) in [4.78, 5) is 20.0. The van der Waals surface area contributed by atoms with Crippen LogP contribution in [0, 0.1) is 5.92 Å². The number of amides is 1. The molecule has 1 unspecified atom stereocenters. The number of hydrogen-bond donors (Lipinski definition) is 2. The van der Waals surface area contributed by atoms with Crippen LogP contribution in [0.2, 0.25) is 0 Å². The average molecular weight is 488 g/mol. The lowest BCUT2D eigenvalue weighted by Gasteiger charge is -2.21. The van der Waals surface area contributed by atoms with E-state index in [1.165, 1.54) is 11.3 Å². The molecular weight excluding hydrogens is 459 g/mol. The van der Waals surface area contributed by atoms with Gasteiger partial charge >= 0.3 is 0 Å². The van der Waals surface area contributed by atoms with Crippen LogP contribution in [0.1, 0.15) is 26.2 Å². The first kappa shape index (κ1) is 21.3. The molecule has 0 spiro atoms. The number of thioether (sulfide) groups is 1. The monoisotopic (exact) mass is 488 g/mol. The molecule has 144 valence electrons. The first-order valence-electron chi connectivity index (χ1n) is 9.25. The van der Waals surface area contributed by atoms with Crippen molar-refractivity contribution in [2.45, 2.75) is 37.1 Å². The summed E-state index contributed by atoms with van der Waals surface area (Å²) in [6, 6.07) is 11.0. The predicted molar refractivity (Wildman–Crippen MR) is 119 cm³/mol. The lowest BCUT2D eigenvalue weighted by Crippen LogP contribution is -2.41. The van der Waals surface area contributed by atoms with Gasteiger partial charge in [-0.1, -0.05) is 18.2 Å². The van der Waals surface area contributed by atoms with Gasteiger partial charge in [-0.2, -0.15) is 0 Å². The van der Waals surface area contributed by atoms with Crippen molar-refractivity contribution in [1.29, 1.82) is 0 Å². The lowest BCUT2D eigenvalue weighted by molar-refractivity contribution is -0.119. The van der Waals surface area contributed by atoms with E-state index >= 15 is 0 Å². The molecule has 1 atom stereocenters. The normalized spacial score (nSPS) is 19.8. The molecule has 1 aromatic rings. The zero-order valence-electron chi connectivity index (χ0n) is 15.3. The van der Waals surface area contributed by atoms with Crippen LogP contribution in [0.4, 0.5) is 0 Å². The molecule has 0 radical (unpaired) electrons. The average Bonchev–Trinajstić information content (AvgIpc) is 3.31. The quantitative estimate of drug-likeness (QED) is 0.268. The molecule has 1 heterocycles. The molecule has 1 aliphatic heterocycles. The number of likely N-dealkylation sites (tertiary alicyclic amines) is 1. The van der Waals surface area contributed by atoms with Crippen molar-refractivity contribution in [3.05, 3.63) is 30.3 Å². The van der Waals surface area contributed by atoms with Crippen molar-refractivity contribution in [1.82, 2.24) is 15.5 Å². The van der Waals surface area contributed by atoms with E-state index in [0.29, 0.717) is 12.0 Å². The molecule has 1 amide bonds. The molecule has 2 N–H and O–H groups in total. The number of benzene rings is 1. The van der Waals surface area contributed by atoms with Gasteiger partial charge in [0.2, 0.25) is 5.91 Å². The Labute approximate surface area is 177 Å². The summed E-state index contributed by atoms with van der Waals surface area (Å²) in [5, 5.41) is 6.33. The van der Waals surface area contributed by atoms with E-state index in [1.807, 2.05) is 11.8 Å². The molecule has 1 saturated heterocycles. The third-order valence-corrected chi connectivity index (χ3v) is 5.71. The highest BCUT2D eigenvalue weighted by atomic mass is 127. The molecule has 5 nitrogen and oxygen atoms in total. The topological polar surface area (TPSA) is 56.7 Å². The highest BCUT2D eigenvalue weighted by Crippen LogP contribution is 2.25. The number of halogens is 1. The van der Waals surface area contributed by atoms with Gasteiger partial charge in [-0.25, -0.2) is 4.99 Å². The van der Waals surface area contributed by atoms with Gasteiger partial charge in [0.15, 0.2) is 5.96 Å². The Morgan fingerprint density at radius 2 is 2.04 bits per heavy atom. The second kappa shape index (κ2) is 11.0. The molecular formula is C19H29IN4OS. The minimum Gasteiger partial charge on any atom is -0.357 e. The van der Waals surface area contributed by atoms with Crippen LogP contribution < -0.4 is 10.6 Å². The molecule has 2 fully saturated rings. The number of nitrogens with zero attached hydrogens (tertiary/aromatic N) is 2. The minimum absolute atomic E-state index is 0. The second-order valence-corrected chi connectivity index (χ2v) is 7.83. The Morgan fingerprint density at radius 3 is 2.73 bits per heavy atom. The van der Waals surface area contributed by atoms with Crippen molar-refractivity contribution >= 4 is 47.6 Å². The zero-order chi connectivity index (χ0) is 17.5. The van der Waals surface area contributed by atoms with Crippen molar-refractivity contribution in [2.75, 3.05) is 31.9 Å². The Morgan fingerprint density at radius 1 is 1.27 bits per heavy atom. The molecule has 26 heavy (non-hydrogen) atoms. The summed E-state index contributed by atoms with van der Waals surface area (Å²) in [7, 11) is 0. The molecule has 3 rings (SSSR count). The Hall–Kier alpha value is -0.960. The number of carbonyl (C=O) groups is 1. The summed E-state index contributed by atoms with van der Waals surface area (Å²) in [6.07, 6.45) is 3.41. The van der Waals surface area contributed by atoms with E-state index in [0.717, 1.165) is 44.2 Å². The van der Waals surface area contributed by atoms with Gasteiger partial charge in [-0.15, -0.1) is 35.7 Å². The molecule has 1 aromatic carbocycles. The van der Waals surface area contributed by atoms with Crippen molar-refractivity contribution in [2.24, 2.45) is 10.9 Å². The van der Waals surface area contributed by atoms with Gasteiger partial charge in [-0.05, 0) is 44.2 Å². The van der Waals surface area contributed by atoms with Gasteiger partial charge in [-0.3, -0.25) is 4.79 Å². The van der Waals surface area contributed by atoms with Crippen molar-refractivity contribution in [3.63, 3.8) is 0 Å². The van der Waals surface area contributed by atoms with Gasteiger partial charge in [0.05, 0.1) is 0 Å². The molecule has 1 aliphatic carbocycles. The summed E-state index contributed by atoms with van der Waals surface area (Å²) < 4.78 is 0. The van der Waals surface area contributed by atoms with E-state index in [1.54, 1.807) is 0 Å². The molecule has 1 saturated carbocycles. The van der Waals surface area contributed by atoms with E-state index in [9.17, 15) is 4.79 Å². The number of rotatable bonds is 7.